The van der Waals surface area contributed by atoms with E-state index in [1.54, 1.807) is 0 Å². The zero-order valence-electron chi connectivity index (χ0n) is 10.3. The van der Waals surface area contributed by atoms with E-state index < -0.39 is 0 Å². The van der Waals surface area contributed by atoms with Gasteiger partial charge in [0.05, 0.1) is 0 Å². The first kappa shape index (κ1) is 12.6. The summed E-state index contributed by atoms with van der Waals surface area (Å²) in [4.78, 5) is 11.5. The Labute approximate surface area is 96.8 Å². The smallest absolute Gasteiger partial charge is 0.408 e. The predicted octanol–water partition coefficient (Wildman–Crippen LogP) is 3.27. The summed E-state index contributed by atoms with van der Waals surface area (Å²) in [7, 11) is 0. The first-order valence-electron chi connectivity index (χ1n) is 5.42. The Kier molecular flexibility index (Phi) is 3.93. The van der Waals surface area contributed by atoms with Crippen molar-refractivity contribution in [1.29, 1.82) is 0 Å². The number of hydrogen-bond acceptors (Lipinski definition) is 2. The van der Waals surface area contributed by atoms with Crippen molar-refractivity contribution in [3.8, 4) is 0 Å². The highest BCUT2D eigenvalue weighted by Gasteiger charge is 2.17. The monoisotopic (exact) mass is 221 g/mol. The minimum Gasteiger partial charge on any atom is -0.442 e. The lowest BCUT2D eigenvalue weighted by molar-refractivity contribution is 0.100. The summed E-state index contributed by atoms with van der Waals surface area (Å²) in [6.07, 6.45) is -0.618. The molecule has 1 rings (SSSR count). The van der Waals surface area contributed by atoms with E-state index in [2.05, 4.69) is 5.32 Å². The van der Waals surface area contributed by atoms with Crippen molar-refractivity contribution >= 4 is 6.09 Å². The van der Waals surface area contributed by atoms with Gasteiger partial charge in [-0.3, -0.25) is 0 Å². The number of carbonyl (C=O) groups is 1. The molecule has 0 heterocycles. The maximum absolute atomic E-state index is 11.5. The minimum atomic E-state index is -0.385. The standard InChI is InChI=1S/C13H19NO2/c1-10(11-8-6-5-7-9-11)16-12(15)14-13(2,3)4/h5-10H,1-4H3,(H,14,15). The van der Waals surface area contributed by atoms with Crippen molar-refractivity contribution in [2.75, 3.05) is 0 Å². The molecule has 0 aromatic heterocycles. The van der Waals surface area contributed by atoms with Crippen LogP contribution in [0, 0.1) is 0 Å². The number of hydrogen-bond donors (Lipinski definition) is 1. The van der Waals surface area contributed by atoms with Crippen LogP contribution in [0.2, 0.25) is 0 Å². The minimum absolute atomic E-state index is 0.233. The quantitative estimate of drug-likeness (QED) is 0.832. The number of amides is 1. The normalized spacial score (nSPS) is 13.0. The van der Waals surface area contributed by atoms with Gasteiger partial charge in [-0.2, -0.15) is 0 Å². The van der Waals surface area contributed by atoms with Crippen LogP contribution in [0.1, 0.15) is 39.4 Å². The molecule has 1 aromatic carbocycles. The summed E-state index contributed by atoms with van der Waals surface area (Å²) in [6, 6.07) is 9.67. The lowest BCUT2D eigenvalue weighted by Gasteiger charge is -2.22. The van der Waals surface area contributed by atoms with Gasteiger partial charge < -0.3 is 10.1 Å². The molecule has 0 saturated carbocycles. The summed E-state index contributed by atoms with van der Waals surface area (Å²) in [5.41, 5.74) is 0.722. The van der Waals surface area contributed by atoms with Crippen LogP contribution >= 0.6 is 0 Å². The molecule has 1 atom stereocenters. The molecule has 1 N–H and O–H groups in total. The van der Waals surface area contributed by atoms with Crippen LogP contribution < -0.4 is 5.32 Å². The molecule has 0 aliphatic rings. The molecular formula is C13H19NO2. The van der Waals surface area contributed by atoms with Crippen LogP contribution in [-0.2, 0) is 4.74 Å². The fraction of sp³-hybridized carbons (Fsp3) is 0.462. The van der Waals surface area contributed by atoms with Crippen molar-refractivity contribution < 1.29 is 9.53 Å². The summed E-state index contributed by atoms with van der Waals surface area (Å²) < 4.78 is 5.26. The second-order valence-corrected chi connectivity index (χ2v) is 4.83. The fourth-order valence-corrected chi connectivity index (χ4v) is 1.29. The molecule has 1 unspecified atom stereocenters. The van der Waals surface area contributed by atoms with E-state index in [9.17, 15) is 4.79 Å². The van der Waals surface area contributed by atoms with Gasteiger partial charge in [-0.05, 0) is 33.3 Å². The molecule has 1 aromatic rings. The Bertz CT molecular complexity index is 341. The number of nitrogens with one attached hydrogen (secondary N) is 1. The maximum Gasteiger partial charge on any atom is 0.408 e. The van der Waals surface area contributed by atoms with Crippen molar-refractivity contribution in [3.63, 3.8) is 0 Å². The first-order chi connectivity index (χ1) is 7.38. The lowest BCUT2D eigenvalue weighted by Crippen LogP contribution is -2.41. The van der Waals surface area contributed by atoms with Gasteiger partial charge in [0.1, 0.15) is 6.10 Å². The van der Waals surface area contributed by atoms with E-state index in [-0.39, 0.29) is 17.7 Å². The summed E-state index contributed by atoms with van der Waals surface area (Å²) in [6.45, 7) is 7.61. The van der Waals surface area contributed by atoms with E-state index in [4.69, 9.17) is 4.74 Å². The van der Waals surface area contributed by atoms with Crippen molar-refractivity contribution in [3.05, 3.63) is 35.9 Å². The summed E-state index contributed by atoms with van der Waals surface area (Å²) >= 11 is 0. The van der Waals surface area contributed by atoms with Crippen molar-refractivity contribution in [2.45, 2.75) is 39.3 Å². The van der Waals surface area contributed by atoms with Gasteiger partial charge in [-0.25, -0.2) is 4.79 Å². The van der Waals surface area contributed by atoms with Crippen LogP contribution in [0.3, 0.4) is 0 Å². The van der Waals surface area contributed by atoms with Crippen molar-refractivity contribution in [1.82, 2.24) is 5.32 Å². The number of alkyl carbamates (subject to hydrolysis) is 1. The molecule has 0 aliphatic carbocycles. The highest BCUT2D eigenvalue weighted by Crippen LogP contribution is 2.16. The number of carbonyl (C=O) groups excluding carboxylic acids is 1. The Morgan fingerprint density at radius 2 is 1.81 bits per heavy atom. The first-order valence-corrected chi connectivity index (χ1v) is 5.42. The molecule has 0 radical (unpaired) electrons. The van der Waals surface area contributed by atoms with E-state index in [0.29, 0.717) is 0 Å². The molecule has 0 bridgehead atoms. The molecule has 3 heteroatoms. The maximum atomic E-state index is 11.5. The van der Waals surface area contributed by atoms with Crippen LogP contribution in [0.5, 0.6) is 0 Å². The van der Waals surface area contributed by atoms with Gasteiger partial charge in [0, 0.05) is 5.54 Å². The average Bonchev–Trinajstić information content (AvgIpc) is 2.16. The molecule has 88 valence electrons. The number of benzene rings is 1. The van der Waals surface area contributed by atoms with E-state index in [1.165, 1.54) is 0 Å². The van der Waals surface area contributed by atoms with Crippen molar-refractivity contribution in [2.24, 2.45) is 0 Å². The molecule has 0 saturated heterocycles. The second kappa shape index (κ2) is 5.01. The van der Waals surface area contributed by atoms with Gasteiger partial charge in [-0.1, -0.05) is 30.3 Å². The van der Waals surface area contributed by atoms with Gasteiger partial charge in [0.25, 0.3) is 0 Å². The van der Waals surface area contributed by atoms with E-state index in [1.807, 2.05) is 58.0 Å². The third kappa shape index (κ3) is 4.34. The van der Waals surface area contributed by atoms with Gasteiger partial charge in [0.2, 0.25) is 0 Å². The van der Waals surface area contributed by atoms with Gasteiger partial charge >= 0.3 is 6.09 Å². The Balaban J connectivity index is 2.52. The average molecular weight is 221 g/mol. The zero-order valence-corrected chi connectivity index (χ0v) is 10.3. The van der Waals surface area contributed by atoms with Crippen LogP contribution in [0.15, 0.2) is 30.3 Å². The summed E-state index contributed by atoms with van der Waals surface area (Å²) in [5.74, 6) is 0. The molecule has 0 aliphatic heterocycles. The summed E-state index contributed by atoms with van der Waals surface area (Å²) in [5, 5.41) is 2.76. The third-order valence-corrected chi connectivity index (χ3v) is 2.03. The zero-order chi connectivity index (χ0) is 12.2. The van der Waals surface area contributed by atoms with E-state index in [0.717, 1.165) is 5.56 Å². The molecule has 16 heavy (non-hydrogen) atoms. The third-order valence-electron chi connectivity index (χ3n) is 2.03. The number of ether oxygens (including phenoxy) is 1. The predicted molar refractivity (Wildman–Crippen MR) is 64.2 cm³/mol. The number of rotatable bonds is 2. The molecule has 3 nitrogen and oxygen atoms in total. The topological polar surface area (TPSA) is 38.3 Å². The molecule has 0 spiro atoms. The highest BCUT2D eigenvalue weighted by atomic mass is 16.6. The van der Waals surface area contributed by atoms with Crippen LogP contribution in [0.4, 0.5) is 4.79 Å². The fourth-order valence-electron chi connectivity index (χ4n) is 1.29. The van der Waals surface area contributed by atoms with Gasteiger partial charge in [-0.15, -0.1) is 0 Å². The Morgan fingerprint density at radius 3 is 2.31 bits per heavy atom. The van der Waals surface area contributed by atoms with Gasteiger partial charge in [0.15, 0.2) is 0 Å². The molecular weight excluding hydrogens is 202 g/mol. The highest BCUT2D eigenvalue weighted by molar-refractivity contribution is 5.68. The van der Waals surface area contributed by atoms with Crippen LogP contribution in [0.25, 0.3) is 0 Å². The molecule has 0 fully saturated rings. The second-order valence-electron chi connectivity index (χ2n) is 4.83. The van der Waals surface area contributed by atoms with Crippen LogP contribution in [-0.4, -0.2) is 11.6 Å². The van der Waals surface area contributed by atoms with E-state index >= 15 is 0 Å². The SMILES string of the molecule is CC(OC(=O)NC(C)(C)C)c1ccccc1. The lowest BCUT2D eigenvalue weighted by atomic mass is 10.1. The Morgan fingerprint density at radius 1 is 1.25 bits per heavy atom. The largest absolute Gasteiger partial charge is 0.442 e. The Hall–Kier alpha value is -1.51. The molecule has 1 amide bonds.